The number of Topliss-reactive ketones (excluding diaryl/α,β-unsaturated/α-hetero) is 1. The van der Waals surface area contributed by atoms with Gasteiger partial charge in [-0.3, -0.25) is 4.79 Å². The molecule has 1 aromatic heterocycles. The Morgan fingerprint density at radius 3 is 2.52 bits per heavy atom. The number of ketones is 1. The molecule has 0 radical (unpaired) electrons. The monoisotopic (exact) mass is 344 g/mol. The van der Waals surface area contributed by atoms with Crippen molar-refractivity contribution in [2.75, 3.05) is 0 Å². The van der Waals surface area contributed by atoms with Gasteiger partial charge in [-0.2, -0.15) is 4.68 Å². The molecule has 3 rings (SSSR count). The maximum atomic E-state index is 12.5. The van der Waals surface area contributed by atoms with Crippen LogP contribution in [0.4, 0.5) is 0 Å². The van der Waals surface area contributed by atoms with Gasteiger partial charge in [-0.1, -0.05) is 41.6 Å². The Morgan fingerprint density at radius 2 is 1.83 bits per heavy atom. The van der Waals surface area contributed by atoms with Gasteiger partial charge in [0.15, 0.2) is 5.78 Å². The zero-order valence-electron chi connectivity index (χ0n) is 12.3. The zero-order chi connectivity index (χ0) is 16.2. The Balaban J connectivity index is 1.79. The van der Waals surface area contributed by atoms with Gasteiger partial charge < -0.3 is 0 Å². The molecule has 0 amide bonds. The molecule has 7 heteroatoms. The summed E-state index contributed by atoms with van der Waals surface area (Å²) in [5, 5.41) is 12.6. The normalized spacial score (nSPS) is 12.1. The van der Waals surface area contributed by atoms with Gasteiger partial charge in [0.05, 0.1) is 10.9 Å². The quantitative estimate of drug-likeness (QED) is 0.522. The fourth-order valence-corrected chi connectivity index (χ4v) is 3.05. The topological polar surface area (TPSA) is 60.7 Å². The van der Waals surface area contributed by atoms with Crippen LogP contribution >= 0.6 is 23.4 Å². The molecule has 0 unspecified atom stereocenters. The van der Waals surface area contributed by atoms with E-state index in [-0.39, 0.29) is 11.0 Å². The Hall–Kier alpha value is -2.18. The summed E-state index contributed by atoms with van der Waals surface area (Å²) in [7, 11) is 0. The number of hydrogen-bond acceptors (Lipinski definition) is 5. The number of tetrazole rings is 1. The fourth-order valence-electron chi connectivity index (χ4n) is 2.04. The number of carbonyl (C=O) groups excluding carboxylic acids is 1. The van der Waals surface area contributed by atoms with Crippen LogP contribution in [-0.2, 0) is 0 Å². The first kappa shape index (κ1) is 15.7. The second-order valence-corrected chi connectivity index (χ2v) is 6.58. The molecular formula is C16H13ClN4OS. The first-order valence-electron chi connectivity index (χ1n) is 6.95. The van der Waals surface area contributed by atoms with E-state index in [1.165, 1.54) is 11.8 Å². The van der Waals surface area contributed by atoms with Crippen molar-refractivity contribution in [3.63, 3.8) is 0 Å². The molecule has 23 heavy (non-hydrogen) atoms. The molecule has 0 saturated heterocycles. The first-order chi connectivity index (χ1) is 11.1. The number of rotatable bonds is 5. The molecule has 1 heterocycles. The Morgan fingerprint density at radius 1 is 1.13 bits per heavy atom. The van der Waals surface area contributed by atoms with Crippen molar-refractivity contribution >= 4 is 29.1 Å². The minimum Gasteiger partial charge on any atom is -0.293 e. The van der Waals surface area contributed by atoms with Crippen molar-refractivity contribution in [1.82, 2.24) is 20.2 Å². The van der Waals surface area contributed by atoms with Crippen molar-refractivity contribution in [3.8, 4) is 5.69 Å². The van der Waals surface area contributed by atoms with Gasteiger partial charge in [0.1, 0.15) is 0 Å². The van der Waals surface area contributed by atoms with Crippen LogP contribution in [0.15, 0.2) is 59.8 Å². The second-order valence-electron chi connectivity index (χ2n) is 4.84. The van der Waals surface area contributed by atoms with Gasteiger partial charge in [0, 0.05) is 10.6 Å². The molecule has 0 aliphatic heterocycles. The van der Waals surface area contributed by atoms with Gasteiger partial charge in [-0.05, 0) is 53.7 Å². The van der Waals surface area contributed by atoms with Crippen molar-refractivity contribution in [2.45, 2.75) is 17.3 Å². The number of hydrogen-bond donors (Lipinski definition) is 0. The van der Waals surface area contributed by atoms with Crippen molar-refractivity contribution in [3.05, 3.63) is 65.2 Å². The largest absolute Gasteiger partial charge is 0.293 e. The third-order valence-electron chi connectivity index (χ3n) is 3.22. The van der Waals surface area contributed by atoms with E-state index >= 15 is 0 Å². The average Bonchev–Trinajstić information content (AvgIpc) is 3.04. The molecule has 0 saturated carbocycles. The van der Waals surface area contributed by atoms with Crippen molar-refractivity contribution in [2.24, 2.45) is 0 Å². The van der Waals surface area contributed by atoms with Crippen LogP contribution in [0, 0.1) is 0 Å². The standard InChI is InChI=1S/C16H13ClN4OS/c1-11(15(22)12-7-9-13(17)10-8-12)23-16-18-19-20-21(16)14-5-3-2-4-6-14/h2-11H,1H3/t11-/m1/s1. The number of nitrogens with zero attached hydrogens (tertiary/aromatic N) is 4. The van der Waals surface area contributed by atoms with Crippen LogP contribution in [0.2, 0.25) is 5.02 Å². The molecule has 0 spiro atoms. The lowest BCUT2D eigenvalue weighted by Gasteiger charge is -2.10. The third-order valence-corrected chi connectivity index (χ3v) is 4.51. The summed E-state index contributed by atoms with van der Waals surface area (Å²) in [5.41, 5.74) is 1.47. The van der Waals surface area contributed by atoms with Crippen LogP contribution in [-0.4, -0.2) is 31.2 Å². The summed E-state index contributed by atoms with van der Waals surface area (Å²) in [6.45, 7) is 1.84. The van der Waals surface area contributed by atoms with Crippen molar-refractivity contribution in [1.29, 1.82) is 0 Å². The lowest BCUT2D eigenvalue weighted by atomic mass is 10.1. The SMILES string of the molecule is C[C@@H](Sc1nnnn1-c1ccccc1)C(=O)c1ccc(Cl)cc1. The summed E-state index contributed by atoms with van der Waals surface area (Å²) < 4.78 is 1.62. The van der Waals surface area contributed by atoms with Crippen LogP contribution in [0.5, 0.6) is 0 Å². The molecule has 2 aromatic carbocycles. The number of halogens is 1. The Bertz CT molecular complexity index is 804. The van der Waals surface area contributed by atoms with Crippen LogP contribution in [0.1, 0.15) is 17.3 Å². The molecule has 0 N–H and O–H groups in total. The van der Waals surface area contributed by atoms with E-state index in [9.17, 15) is 4.79 Å². The van der Waals surface area contributed by atoms with Gasteiger partial charge in [0.25, 0.3) is 0 Å². The highest BCUT2D eigenvalue weighted by Crippen LogP contribution is 2.25. The highest BCUT2D eigenvalue weighted by Gasteiger charge is 2.20. The summed E-state index contributed by atoms with van der Waals surface area (Å²) in [4.78, 5) is 12.5. The fraction of sp³-hybridized carbons (Fsp3) is 0.125. The predicted octanol–water partition coefficient (Wildman–Crippen LogP) is 3.68. The van der Waals surface area contributed by atoms with E-state index in [4.69, 9.17) is 11.6 Å². The molecule has 0 aliphatic rings. The van der Waals surface area contributed by atoms with E-state index in [2.05, 4.69) is 15.5 Å². The van der Waals surface area contributed by atoms with Crippen LogP contribution in [0.3, 0.4) is 0 Å². The zero-order valence-corrected chi connectivity index (χ0v) is 13.8. The number of carbonyl (C=O) groups is 1. The number of thioether (sulfide) groups is 1. The lowest BCUT2D eigenvalue weighted by Crippen LogP contribution is -2.14. The summed E-state index contributed by atoms with van der Waals surface area (Å²) in [6.07, 6.45) is 0. The minimum atomic E-state index is -0.315. The number of benzene rings is 2. The minimum absolute atomic E-state index is 0.00859. The second kappa shape index (κ2) is 6.93. The van der Waals surface area contributed by atoms with Gasteiger partial charge >= 0.3 is 0 Å². The molecule has 5 nitrogen and oxygen atoms in total. The van der Waals surface area contributed by atoms with E-state index in [0.29, 0.717) is 15.7 Å². The molecule has 0 aliphatic carbocycles. The van der Waals surface area contributed by atoms with E-state index in [1.54, 1.807) is 28.9 Å². The first-order valence-corrected chi connectivity index (χ1v) is 8.21. The Kier molecular flexibility index (Phi) is 4.73. The summed E-state index contributed by atoms with van der Waals surface area (Å²) in [5.74, 6) is 0.00859. The van der Waals surface area contributed by atoms with E-state index in [1.807, 2.05) is 37.3 Å². The molecule has 116 valence electrons. The lowest BCUT2D eigenvalue weighted by molar-refractivity contribution is 0.0994. The third kappa shape index (κ3) is 3.60. The highest BCUT2D eigenvalue weighted by atomic mass is 35.5. The Labute approximate surface area is 142 Å². The molecule has 0 fully saturated rings. The summed E-state index contributed by atoms with van der Waals surface area (Å²) >= 11 is 7.18. The van der Waals surface area contributed by atoms with Crippen molar-refractivity contribution < 1.29 is 4.79 Å². The van der Waals surface area contributed by atoms with E-state index < -0.39 is 0 Å². The predicted molar refractivity (Wildman–Crippen MR) is 90.3 cm³/mol. The number of aromatic nitrogens is 4. The van der Waals surface area contributed by atoms with Crippen LogP contribution < -0.4 is 0 Å². The molecule has 3 aromatic rings. The smallest absolute Gasteiger partial charge is 0.214 e. The molecular weight excluding hydrogens is 332 g/mol. The highest BCUT2D eigenvalue weighted by molar-refractivity contribution is 8.00. The van der Waals surface area contributed by atoms with Gasteiger partial charge in [-0.15, -0.1) is 5.10 Å². The van der Waals surface area contributed by atoms with E-state index in [0.717, 1.165) is 5.69 Å². The molecule has 0 bridgehead atoms. The molecule has 1 atom stereocenters. The van der Waals surface area contributed by atoms with Gasteiger partial charge in [-0.25, -0.2) is 0 Å². The average molecular weight is 345 g/mol. The number of para-hydroxylation sites is 1. The van der Waals surface area contributed by atoms with Gasteiger partial charge in [0.2, 0.25) is 5.16 Å². The van der Waals surface area contributed by atoms with Crippen LogP contribution in [0.25, 0.3) is 5.69 Å². The maximum Gasteiger partial charge on any atom is 0.214 e. The summed E-state index contributed by atoms with van der Waals surface area (Å²) in [6, 6.07) is 16.4. The maximum absolute atomic E-state index is 12.5.